The van der Waals surface area contributed by atoms with Gasteiger partial charge >= 0.3 is 0 Å². The number of hydrogen-bond donors (Lipinski definition) is 1. The maximum atomic E-state index is 6.04. The summed E-state index contributed by atoms with van der Waals surface area (Å²) in [6, 6.07) is 9.39. The molecule has 0 spiro atoms. The first-order chi connectivity index (χ1) is 8.65. The second-order valence-electron chi connectivity index (χ2n) is 5.64. The van der Waals surface area contributed by atoms with E-state index in [1.807, 2.05) is 0 Å². The highest BCUT2D eigenvalue weighted by molar-refractivity contribution is 5.30. The molecule has 18 heavy (non-hydrogen) atoms. The van der Waals surface area contributed by atoms with Gasteiger partial charge in [-0.2, -0.15) is 0 Å². The number of nitrogens with one attached hydrogen (secondary N) is 1. The normalized spacial score (nSPS) is 18.2. The summed E-state index contributed by atoms with van der Waals surface area (Å²) >= 11 is 0. The number of hydrogen-bond acceptors (Lipinski definition) is 2. The van der Waals surface area contributed by atoms with Crippen molar-refractivity contribution in [3.63, 3.8) is 0 Å². The molecule has 2 nitrogen and oxygen atoms in total. The van der Waals surface area contributed by atoms with Gasteiger partial charge in [0.05, 0.1) is 6.10 Å². The van der Waals surface area contributed by atoms with Gasteiger partial charge in [0.25, 0.3) is 0 Å². The first-order valence-corrected chi connectivity index (χ1v) is 7.18. The van der Waals surface area contributed by atoms with E-state index in [-0.39, 0.29) is 0 Å². The molecule has 0 amide bonds. The lowest BCUT2D eigenvalue weighted by atomic mass is 10.1. The molecule has 0 aliphatic heterocycles. The molecular weight excluding hydrogens is 222 g/mol. The molecule has 1 atom stereocenters. The van der Waals surface area contributed by atoms with Crippen molar-refractivity contribution in [2.75, 3.05) is 0 Å². The largest absolute Gasteiger partial charge is 0.490 e. The molecule has 0 aromatic heterocycles. The summed E-state index contributed by atoms with van der Waals surface area (Å²) in [6.45, 7) is 6.56. The maximum Gasteiger partial charge on any atom is 0.120 e. The zero-order valence-corrected chi connectivity index (χ0v) is 11.8. The molecule has 1 aliphatic rings. The monoisotopic (exact) mass is 247 g/mol. The van der Waals surface area contributed by atoms with Gasteiger partial charge in [-0.25, -0.2) is 0 Å². The lowest BCUT2D eigenvalue weighted by molar-refractivity contribution is 0.209. The van der Waals surface area contributed by atoms with E-state index >= 15 is 0 Å². The SMILES string of the molecule is CC(C)N[C@H](C)c1cccc(OC2CCCC2)c1. The fourth-order valence-corrected chi connectivity index (χ4v) is 2.65. The highest BCUT2D eigenvalue weighted by Crippen LogP contribution is 2.26. The Bertz CT molecular complexity index is 369. The second kappa shape index (κ2) is 6.24. The molecule has 2 rings (SSSR count). The van der Waals surface area contributed by atoms with Crippen molar-refractivity contribution < 1.29 is 4.74 Å². The summed E-state index contributed by atoms with van der Waals surface area (Å²) < 4.78 is 6.04. The van der Waals surface area contributed by atoms with Crippen LogP contribution in [0.25, 0.3) is 0 Å². The van der Waals surface area contributed by atoms with E-state index in [2.05, 4.69) is 50.4 Å². The van der Waals surface area contributed by atoms with Crippen LogP contribution in [-0.2, 0) is 0 Å². The van der Waals surface area contributed by atoms with Crippen LogP contribution in [0.15, 0.2) is 24.3 Å². The van der Waals surface area contributed by atoms with Gasteiger partial charge in [-0.15, -0.1) is 0 Å². The van der Waals surface area contributed by atoms with Crippen LogP contribution in [-0.4, -0.2) is 12.1 Å². The van der Waals surface area contributed by atoms with Gasteiger partial charge < -0.3 is 10.1 Å². The van der Waals surface area contributed by atoms with Crippen LogP contribution in [0.2, 0.25) is 0 Å². The van der Waals surface area contributed by atoms with E-state index < -0.39 is 0 Å². The Labute approximate surface area is 111 Å². The van der Waals surface area contributed by atoms with Gasteiger partial charge in [0.1, 0.15) is 5.75 Å². The molecule has 1 aliphatic carbocycles. The Morgan fingerprint density at radius 2 is 1.89 bits per heavy atom. The summed E-state index contributed by atoms with van der Waals surface area (Å²) in [5.41, 5.74) is 1.30. The minimum absolute atomic E-state index is 0.372. The minimum atomic E-state index is 0.372. The summed E-state index contributed by atoms with van der Waals surface area (Å²) in [5, 5.41) is 3.52. The van der Waals surface area contributed by atoms with Crippen molar-refractivity contribution >= 4 is 0 Å². The average molecular weight is 247 g/mol. The van der Waals surface area contributed by atoms with Gasteiger partial charge in [0, 0.05) is 12.1 Å². The Morgan fingerprint density at radius 1 is 1.17 bits per heavy atom. The van der Waals surface area contributed by atoms with E-state index in [1.54, 1.807) is 0 Å². The summed E-state index contributed by atoms with van der Waals surface area (Å²) in [4.78, 5) is 0. The molecule has 2 heteroatoms. The topological polar surface area (TPSA) is 21.3 Å². The standard InChI is InChI=1S/C16H25NO/c1-12(2)17-13(3)14-7-6-10-16(11-14)18-15-8-4-5-9-15/h6-7,10-13,15,17H,4-5,8-9H2,1-3H3/t13-/m1/s1. The quantitative estimate of drug-likeness (QED) is 0.847. The van der Waals surface area contributed by atoms with Crippen molar-refractivity contribution in [2.45, 2.75) is 64.6 Å². The zero-order valence-electron chi connectivity index (χ0n) is 11.8. The molecule has 1 aromatic rings. The molecule has 0 heterocycles. The van der Waals surface area contributed by atoms with Gasteiger partial charge in [-0.05, 0) is 50.3 Å². The summed E-state index contributed by atoms with van der Waals surface area (Å²) in [7, 11) is 0. The zero-order chi connectivity index (χ0) is 13.0. The first kappa shape index (κ1) is 13.4. The van der Waals surface area contributed by atoms with E-state index in [9.17, 15) is 0 Å². The fourth-order valence-electron chi connectivity index (χ4n) is 2.65. The Balaban J connectivity index is 1.99. The van der Waals surface area contributed by atoms with Crippen molar-refractivity contribution in [1.82, 2.24) is 5.32 Å². The minimum Gasteiger partial charge on any atom is -0.490 e. The highest BCUT2D eigenvalue weighted by Gasteiger charge is 2.16. The van der Waals surface area contributed by atoms with Crippen LogP contribution in [0.1, 0.15) is 58.1 Å². The van der Waals surface area contributed by atoms with Crippen LogP contribution in [0.3, 0.4) is 0 Å². The molecule has 1 aromatic carbocycles. The first-order valence-electron chi connectivity index (χ1n) is 7.18. The molecule has 100 valence electrons. The lowest BCUT2D eigenvalue weighted by Gasteiger charge is -2.19. The maximum absolute atomic E-state index is 6.04. The van der Waals surface area contributed by atoms with Crippen molar-refractivity contribution in [3.05, 3.63) is 29.8 Å². The van der Waals surface area contributed by atoms with Crippen molar-refractivity contribution in [2.24, 2.45) is 0 Å². The Kier molecular flexibility index (Phi) is 4.65. The number of benzene rings is 1. The number of ether oxygens (including phenoxy) is 1. The smallest absolute Gasteiger partial charge is 0.120 e. The van der Waals surface area contributed by atoms with Crippen LogP contribution < -0.4 is 10.1 Å². The Hall–Kier alpha value is -1.02. The molecule has 0 radical (unpaired) electrons. The van der Waals surface area contributed by atoms with E-state index in [0.29, 0.717) is 18.2 Å². The average Bonchev–Trinajstić information content (AvgIpc) is 2.81. The third kappa shape index (κ3) is 3.74. The van der Waals surface area contributed by atoms with Crippen LogP contribution >= 0.6 is 0 Å². The third-order valence-electron chi connectivity index (χ3n) is 3.55. The second-order valence-corrected chi connectivity index (χ2v) is 5.64. The fraction of sp³-hybridized carbons (Fsp3) is 0.625. The molecular formula is C16H25NO. The molecule has 0 unspecified atom stereocenters. The summed E-state index contributed by atoms with van der Waals surface area (Å²) in [5.74, 6) is 1.02. The van der Waals surface area contributed by atoms with Crippen LogP contribution in [0.4, 0.5) is 0 Å². The number of rotatable bonds is 5. The van der Waals surface area contributed by atoms with E-state index in [4.69, 9.17) is 4.74 Å². The lowest BCUT2D eigenvalue weighted by Crippen LogP contribution is -2.26. The molecule has 1 saturated carbocycles. The highest BCUT2D eigenvalue weighted by atomic mass is 16.5. The van der Waals surface area contributed by atoms with Gasteiger partial charge in [0.15, 0.2) is 0 Å². The molecule has 1 fully saturated rings. The van der Waals surface area contributed by atoms with Crippen molar-refractivity contribution in [1.29, 1.82) is 0 Å². The van der Waals surface area contributed by atoms with Crippen LogP contribution in [0.5, 0.6) is 5.75 Å². The predicted octanol–water partition coefficient (Wildman–Crippen LogP) is 4.07. The van der Waals surface area contributed by atoms with Crippen molar-refractivity contribution in [3.8, 4) is 5.75 Å². The van der Waals surface area contributed by atoms with Gasteiger partial charge in [-0.3, -0.25) is 0 Å². The Morgan fingerprint density at radius 3 is 2.56 bits per heavy atom. The van der Waals surface area contributed by atoms with Gasteiger partial charge in [0.2, 0.25) is 0 Å². The van der Waals surface area contributed by atoms with Gasteiger partial charge in [-0.1, -0.05) is 26.0 Å². The van der Waals surface area contributed by atoms with E-state index in [1.165, 1.54) is 31.2 Å². The predicted molar refractivity (Wildman–Crippen MR) is 76.0 cm³/mol. The molecule has 0 saturated heterocycles. The molecule has 1 N–H and O–H groups in total. The summed E-state index contributed by atoms with van der Waals surface area (Å²) in [6.07, 6.45) is 5.49. The molecule has 0 bridgehead atoms. The third-order valence-corrected chi connectivity index (χ3v) is 3.55. The van der Waals surface area contributed by atoms with E-state index in [0.717, 1.165) is 5.75 Å². The van der Waals surface area contributed by atoms with Crippen LogP contribution in [0, 0.1) is 0 Å².